The summed E-state index contributed by atoms with van der Waals surface area (Å²) in [6, 6.07) is 20.6. The molecule has 0 aromatic heterocycles. The Morgan fingerprint density at radius 1 is 0.950 bits per heavy atom. The highest BCUT2D eigenvalue weighted by molar-refractivity contribution is 7.92. The number of carbonyl (C=O) groups is 2. The second-order valence-electron chi connectivity index (χ2n) is 10.3. The molecule has 0 saturated heterocycles. The van der Waals surface area contributed by atoms with Gasteiger partial charge in [0.15, 0.2) is 0 Å². The van der Waals surface area contributed by atoms with Crippen LogP contribution in [0.3, 0.4) is 0 Å². The zero-order chi connectivity index (χ0) is 29.5. The number of carbonyl (C=O) groups excluding carboxylic acids is 2. The highest BCUT2D eigenvalue weighted by atomic mass is 35.5. The Morgan fingerprint density at radius 2 is 1.55 bits per heavy atom. The number of benzene rings is 3. The normalized spacial score (nSPS) is 12.3. The van der Waals surface area contributed by atoms with Crippen LogP contribution >= 0.6 is 11.6 Å². The van der Waals surface area contributed by atoms with Crippen molar-refractivity contribution in [2.75, 3.05) is 18.0 Å². The first-order chi connectivity index (χ1) is 18.9. The molecule has 40 heavy (non-hydrogen) atoms. The van der Waals surface area contributed by atoms with Gasteiger partial charge in [0.1, 0.15) is 18.3 Å². The molecule has 3 aromatic rings. The van der Waals surface area contributed by atoms with E-state index in [0.29, 0.717) is 17.0 Å². The molecule has 0 heterocycles. The van der Waals surface area contributed by atoms with Crippen LogP contribution in [0.4, 0.5) is 5.69 Å². The molecule has 3 rings (SSSR count). The zero-order valence-electron chi connectivity index (χ0n) is 23.4. The van der Waals surface area contributed by atoms with Crippen LogP contribution in [-0.2, 0) is 26.2 Å². The van der Waals surface area contributed by atoms with Gasteiger partial charge in [0, 0.05) is 17.1 Å². The summed E-state index contributed by atoms with van der Waals surface area (Å²) >= 11 is 6.44. The molecule has 3 aromatic carbocycles. The number of anilines is 1. The van der Waals surface area contributed by atoms with Gasteiger partial charge in [-0.3, -0.25) is 13.9 Å². The summed E-state index contributed by atoms with van der Waals surface area (Å²) < 4.78 is 34.3. The maximum atomic E-state index is 14.1. The van der Waals surface area contributed by atoms with E-state index >= 15 is 0 Å². The lowest BCUT2D eigenvalue weighted by Gasteiger charge is -2.35. The van der Waals surface area contributed by atoms with Gasteiger partial charge in [0.2, 0.25) is 11.8 Å². The summed E-state index contributed by atoms with van der Waals surface area (Å²) in [7, 11) is -2.77. The molecule has 0 bridgehead atoms. The molecule has 0 radical (unpaired) electrons. The van der Waals surface area contributed by atoms with Crippen molar-refractivity contribution in [2.45, 2.75) is 57.1 Å². The molecule has 0 fully saturated rings. The molecule has 1 atom stereocenters. The zero-order valence-corrected chi connectivity index (χ0v) is 25.0. The van der Waals surface area contributed by atoms with Crippen molar-refractivity contribution < 1.29 is 22.7 Å². The second kappa shape index (κ2) is 13.2. The van der Waals surface area contributed by atoms with Crippen molar-refractivity contribution >= 4 is 39.1 Å². The van der Waals surface area contributed by atoms with Gasteiger partial charge in [-0.15, -0.1) is 0 Å². The Bertz CT molecular complexity index is 1420. The fourth-order valence-electron chi connectivity index (χ4n) is 4.25. The minimum absolute atomic E-state index is 0.0136. The number of para-hydroxylation sites is 2. The molecule has 10 heteroatoms. The van der Waals surface area contributed by atoms with Gasteiger partial charge in [0.25, 0.3) is 10.0 Å². The van der Waals surface area contributed by atoms with E-state index in [-0.39, 0.29) is 28.8 Å². The maximum Gasteiger partial charge on any atom is 0.264 e. The number of rotatable bonds is 11. The topological polar surface area (TPSA) is 96.0 Å². The van der Waals surface area contributed by atoms with E-state index in [1.54, 1.807) is 73.7 Å². The molecule has 214 valence electrons. The van der Waals surface area contributed by atoms with E-state index in [1.807, 2.05) is 20.8 Å². The van der Waals surface area contributed by atoms with E-state index in [0.717, 1.165) is 4.31 Å². The van der Waals surface area contributed by atoms with Gasteiger partial charge in [-0.1, -0.05) is 67.1 Å². The van der Waals surface area contributed by atoms with Crippen LogP contribution in [-0.4, -0.2) is 50.4 Å². The first kappa shape index (κ1) is 31.0. The fraction of sp³-hybridized carbons (Fsp3) is 0.333. The van der Waals surface area contributed by atoms with Gasteiger partial charge in [-0.25, -0.2) is 8.42 Å². The molecule has 0 saturated carbocycles. The van der Waals surface area contributed by atoms with E-state index in [1.165, 1.54) is 24.1 Å². The van der Waals surface area contributed by atoms with Crippen molar-refractivity contribution in [3.63, 3.8) is 0 Å². The summed E-state index contributed by atoms with van der Waals surface area (Å²) in [5, 5.41) is 3.38. The minimum Gasteiger partial charge on any atom is -0.495 e. The Balaban J connectivity index is 2.11. The fourth-order valence-corrected chi connectivity index (χ4v) is 5.89. The van der Waals surface area contributed by atoms with E-state index in [4.69, 9.17) is 16.3 Å². The predicted molar refractivity (Wildman–Crippen MR) is 158 cm³/mol. The molecular formula is C30H36ClN3O5S. The van der Waals surface area contributed by atoms with Gasteiger partial charge >= 0.3 is 0 Å². The summed E-state index contributed by atoms with van der Waals surface area (Å²) in [4.78, 5) is 29.0. The standard InChI is InChI=1S/C30H36ClN3O5S/c1-6-25(29(36)32-30(2,3)4)33(20-22-14-10-11-17-24(22)31)28(35)21-34(26-18-12-13-19-27(26)39-5)40(37,38)23-15-8-7-9-16-23/h7-19,25H,6,20-21H2,1-5H3,(H,32,36)/t25-/m0/s1. The molecule has 0 aliphatic rings. The third-order valence-electron chi connectivity index (χ3n) is 6.15. The average molecular weight is 586 g/mol. The van der Waals surface area contributed by atoms with Crippen molar-refractivity contribution in [2.24, 2.45) is 0 Å². The number of nitrogens with one attached hydrogen (secondary N) is 1. The maximum absolute atomic E-state index is 14.1. The average Bonchev–Trinajstić information content (AvgIpc) is 2.92. The van der Waals surface area contributed by atoms with Crippen LogP contribution in [0.2, 0.25) is 5.02 Å². The number of hydrogen-bond donors (Lipinski definition) is 1. The van der Waals surface area contributed by atoms with Gasteiger partial charge in [0.05, 0.1) is 17.7 Å². The van der Waals surface area contributed by atoms with Crippen LogP contribution in [0.15, 0.2) is 83.8 Å². The lowest BCUT2D eigenvalue weighted by atomic mass is 10.1. The van der Waals surface area contributed by atoms with Crippen molar-refractivity contribution in [1.82, 2.24) is 10.2 Å². The van der Waals surface area contributed by atoms with Gasteiger partial charge < -0.3 is 15.0 Å². The lowest BCUT2D eigenvalue weighted by Crippen LogP contribution is -2.55. The second-order valence-corrected chi connectivity index (χ2v) is 12.5. The smallest absolute Gasteiger partial charge is 0.264 e. The summed E-state index contributed by atoms with van der Waals surface area (Å²) in [6.07, 6.45) is 0.304. The molecule has 0 aliphatic carbocycles. The highest BCUT2D eigenvalue weighted by Gasteiger charge is 2.35. The van der Waals surface area contributed by atoms with Crippen LogP contribution in [0.1, 0.15) is 39.7 Å². The Kier molecular flexibility index (Phi) is 10.2. The largest absolute Gasteiger partial charge is 0.495 e. The lowest BCUT2D eigenvalue weighted by molar-refractivity contribution is -0.141. The van der Waals surface area contributed by atoms with Gasteiger partial charge in [-0.05, 0) is 63.1 Å². The van der Waals surface area contributed by atoms with Crippen LogP contribution < -0.4 is 14.4 Å². The number of ether oxygens (including phenoxy) is 1. The number of nitrogens with zero attached hydrogens (tertiary/aromatic N) is 2. The monoisotopic (exact) mass is 585 g/mol. The van der Waals surface area contributed by atoms with Crippen LogP contribution in [0.5, 0.6) is 5.75 Å². The number of amides is 2. The van der Waals surface area contributed by atoms with E-state index in [2.05, 4.69) is 5.32 Å². The Labute approximate surface area is 241 Å². The Morgan fingerprint density at radius 3 is 2.15 bits per heavy atom. The molecule has 0 aliphatic heterocycles. The minimum atomic E-state index is -4.20. The first-order valence-corrected chi connectivity index (χ1v) is 14.8. The third kappa shape index (κ3) is 7.55. The van der Waals surface area contributed by atoms with E-state index < -0.39 is 34.1 Å². The number of methoxy groups -OCH3 is 1. The summed E-state index contributed by atoms with van der Waals surface area (Å²) in [6.45, 7) is 6.81. The number of sulfonamides is 1. The van der Waals surface area contributed by atoms with Crippen molar-refractivity contribution in [1.29, 1.82) is 0 Å². The van der Waals surface area contributed by atoms with Crippen molar-refractivity contribution in [3.05, 3.63) is 89.4 Å². The predicted octanol–water partition coefficient (Wildman–Crippen LogP) is 5.27. The molecule has 1 N–H and O–H groups in total. The van der Waals surface area contributed by atoms with Crippen LogP contribution in [0.25, 0.3) is 0 Å². The number of hydrogen-bond acceptors (Lipinski definition) is 5. The third-order valence-corrected chi connectivity index (χ3v) is 8.29. The van der Waals surface area contributed by atoms with E-state index in [9.17, 15) is 18.0 Å². The van der Waals surface area contributed by atoms with Crippen molar-refractivity contribution in [3.8, 4) is 5.75 Å². The number of halogens is 1. The van der Waals surface area contributed by atoms with Gasteiger partial charge in [-0.2, -0.15) is 0 Å². The molecule has 8 nitrogen and oxygen atoms in total. The summed E-state index contributed by atoms with van der Waals surface area (Å²) in [5.74, 6) is -0.628. The Hall–Kier alpha value is -3.56. The highest BCUT2D eigenvalue weighted by Crippen LogP contribution is 2.32. The quantitative estimate of drug-likeness (QED) is 0.331. The van der Waals surface area contributed by atoms with Crippen LogP contribution in [0, 0.1) is 0 Å². The molecule has 2 amide bonds. The SMILES string of the molecule is CC[C@@H](C(=O)NC(C)(C)C)N(Cc1ccccc1Cl)C(=O)CN(c1ccccc1OC)S(=O)(=O)c1ccccc1. The first-order valence-electron chi connectivity index (χ1n) is 12.9. The molecule has 0 spiro atoms. The molecule has 0 unspecified atom stereocenters. The molecular weight excluding hydrogens is 550 g/mol. The summed E-state index contributed by atoms with van der Waals surface area (Å²) in [5.41, 5.74) is 0.297.